The number of ether oxygens (including phenoxy) is 2. The molecule has 36 heavy (non-hydrogen) atoms. The van der Waals surface area contributed by atoms with Gasteiger partial charge in [-0.2, -0.15) is 0 Å². The highest BCUT2D eigenvalue weighted by atomic mass is 16.6. The van der Waals surface area contributed by atoms with Gasteiger partial charge in [0.15, 0.2) is 6.29 Å². The number of esters is 1. The van der Waals surface area contributed by atoms with E-state index in [4.69, 9.17) is 9.47 Å². The number of rotatable bonds is 2. The Kier molecular flexibility index (Phi) is 5.98. The minimum Gasteiger partial charge on any atom is -0.469 e. The molecule has 9 unspecified atom stereocenters. The first-order valence-electron chi connectivity index (χ1n) is 14.3. The number of fused-ring (bicyclic) bond motifs is 7. The molecule has 9 atom stereocenters. The third kappa shape index (κ3) is 3.33. The Morgan fingerprint density at radius 3 is 2.39 bits per heavy atom. The van der Waals surface area contributed by atoms with Crippen molar-refractivity contribution in [2.75, 3.05) is 13.7 Å². The molecule has 0 amide bonds. The molecule has 3 saturated carbocycles. The van der Waals surface area contributed by atoms with Crippen LogP contribution >= 0.6 is 0 Å². The zero-order valence-corrected chi connectivity index (χ0v) is 23.6. The predicted octanol–water partition coefficient (Wildman–Crippen LogP) is 6.09. The average molecular weight is 501 g/mol. The van der Waals surface area contributed by atoms with E-state index in [0.29, 0.717) is 18.9 Å². The van der Waals surface area contributed by atoms with Crippen molar-refractivity contribution in [2.45, 2.75) is 106 Å². The number of allylic oxidation sites excluding steroid dienone is 2. The normalized spacial score (nSPS) is 51.8. The summed E-state index contributed by atoms with van der Waals surface area (Å²) in [5.74, 6) is 0.733. The van der Waals surface area contributed by atoms with E-state index < -0.39 is 17.1 Å². The fraction of sp³-hybridized carbons (Fsp3) is 0.871. The van der Waals surface area contributed by atoms with Gasteiger partial charge in [-0.15, -0.1) is 0 Å². The minimum absolute atomic E-state index is 0.0142. The van der Waals surface area contributed by atoms with E-state index in [1.165, 1.54) is 5.57 Å². The molecular weight excluding hydrogens is 452 g/mol. The standard InChI is InChI=1S/C31H48O5/c1-26(2)12-14-31(25(34)35-7)15-13-29(5)20(21(31)16-26)8-9-23-28(4)17-24(33)36-19-27(3,18-32)22(28)10-11-30(23,29)6/h8,18,21-24,33H,9-17,19H2,1-7H3. The lowest BCUT2D eigenvalue weighted by atomic mass is 9.34. The maximum Gasteiger partial charge on any atom is 0.312 e. The summed E-state index contributed by atoms with van der Waals surface area (Å²) in [5, 5.41) is 10.8. The van der Waals surface area contributed by atoms with Crippen molar-refractivity contribution in [2.24, 2.45) is 50.2 Å². The van der Waals surface area contributed by atoms with Gasteiger partial charge in [-0.25, -0.2) is 0 Å². The van der Waals surface area contributed by atoms with Gasteiger partial charge in [-0.1, -0.05) is 53.2 Å². The Bertz CT molecular complexity index is 970. The molecule has 5 heteroatoms. The van der Waals surface area contributed by atoms with Gasteiger partial charge in [0, 0.05) is 11.8 Å². The molecule has 4 aliphatic carbocycles. The third-order valence-corrected chi connectivity index (χ3v) is 12.8. The average Bonchev–Trinajstić information content (AvgIpc) is 2.92. The van der Waals surface area contributed by atoms with E-state index in [-0.39, 0.29) is 39.5 Å². The lowest BCUT2D eigenvalue weighted by Gasteiger charge is -2.69. The van der Waals surface area contributed by atoms with E-state index >= 15 is 0 Å². The SMILES string of the molecule is COC(=O)C12CCC(C)(C)CC1C1=CCC3C4(C)CC(O)OCC(C)(C=O)C4CCC3(C)C1(C)CC2. The van der Waals surface area contributed by atoms with E-state index in [1.807, 2.05) is 6.92 Å². The summed E-state index contributed by atoms with van der Waals surface area (Å²) in [6.45, 7) is 14.3. The number of aliphatic hydroxyl groups is 1. The van der Waals surface area contributed by atoms with Gasteiger partial charge >= 0.3 is 5.97 Å². The molecule has 1 aliphatic heterocycles. The van der Waals surface area contributed by atoms with E-state index in [1.54, 1.807) is 7.11 Å². The molecule has 1 heterocycles. The number of hydrogen-bond acceptors (Lipinski definition) is 5. The summed E-state index contributed by atoms with van der Waals surface area (Å²) in [5.41, 5.74) is 0.524. The summed E-state index contributed by atoms with van der Waals surface area (Å²) in [6, 6.07) is 0. The first-order valence-corrected chi connectivity index (χ1v) is 14.3. The van der Waals surface area contributed by atoms with Crippen molar-refractivity contribution in [1.82, 2.24) is 0 Å². The predicted molar refractivity (Wildman–Crippen MR) is 139 cm³/mol. The van der Waals surface area contributed by atoms with E-state index in [0.717, 1.165) is 57.7 Å². The van der Waals surface area contributed by atoms with Gasteiger partial charge in [-0.05, 0) is 90.8 Å². The fourth-order valence-corrected chi connectivity index (χ4v) is 10.5. The molecule has 5 aliphatic rings. The third-order valence-electron chi connectivity index (χ3n) is 12.8. The number of aliphatic hydroxyl groups excluding tert-OH is 1. The lowest BCUT2D eigenvalue weighted by Crippen LogP contribution is -2.63. The van der Waals surface area contributed by atoms with Crippen molar-refractivity contribution in [3.8, 4) is 0 Å². The lowest BCUT2D eigenvalue weighted by molar-refractivity contribution is -0.184. The maximum absolute atomic E-state index is 13.4. The number of carbonyl (C=O) groups excluding carboxylic acids is 2. The molecule has 5 nitrogen and oxygen atoms in total. The van der Waals surface area contributed by atoms with Crippen LogP contribution in [0.15, 0.2) is 11.6 Å². The van der Waals surface area contributed by atoms with Gasteiger partial charge in [0.05, 0.1) is 19.1 Å². The van der Waals surface area contributed by atoms with Crippen LogP contribution in [-0.2, 0) is 19.1 Å². The fourth-order valence-electron chi connectivity index (χ4n) is 10.5. The van der Waals surface area contributed by atoms with Crippen LogP contribution < -0.4 is 0 Å². The number of aldehydes is 1. The smallest absolute Gasteiger partial charge is 0.312 e. The Balaban J connectivity index is 1.62. The molecule has 1 N–H and O–H groups in total. The van der Waals surface area contributed by atoms with Crippen molar-refractivity contribution in [3.05, 3.63) is 11.6 Å². The Labute approximate surface area is 217 Å². The second kappa shape index (κ2) is 8.15. The molecule has 0 bridgehead atoms. The summed E-state index contributed by atoms with van der Waals surface area (Å²) in [4.78, 5) is 25.8. The molecule has 0 aromatic rings. The van der Waals surface area contributed by atoms with Gasteiger partial charge in [0.25, 0.3) is 0 Å². The number of methoxy groups -OCH3 is 1. The largest absolute Gasteiger partial charge is 0.469 e. The molecule has 0 aromatic heterocycles. The summed E-state index contributed by atoms with van der Waals surface area (Å²) in [7, 11) is 1.56. The Morgan fingerprint density at radius 1 is 1.03 bits per heavy atom. The first-order chi connectivity index (χ1) is 16.7. The molecule has 0 radical (unpaired) electrons. The number of carbonyl (C=O) groups is 2. The van der Waals surface area contributed by atoms with Crippen LogP contribution in [0, 0.1) is 50.2 Å². The van der Waals surface area contributed by atoms with Crippen molar-refractivity contribution >= 4 is 12.3 Å². The van der Waals surface area contributed by atoms with E-state index in [2.05, 4.69) is 40.7 Å². The highest BCUT2D eigenvalue weighted by molar-refractivity contribution is 5.78. The van der Waals surface area contributed by atoms with Crippen LogP contribution in [0.1, 0.15) is 99.3 Å². The first kappa shape index (κ1) is 26.4. The summed E-state index contributed by atoms with van der Waals surface area (Å²) >= 11 is 0. The van der Waals surface area contributed by atoms with Crippen LogP contribution in [0.25, 0.3) is 0 Å². The zero-order chi connectivity index (χ0) is 26.4. The molecule has 5 rings (SSSR count). The molecule has 0 aromatic carbocycles. The monoisotopic (exact) mass is 500 g/mol. The Morgan fingerprint density at radius 2 is 1.72 bits per heavy atom. The molecule has 4 fully saturated rings. The van der Waals surface area contributed by atoms with Gasteiger partial charge in [0.2, 0.25) is 0 Å². The molecule has 1 saturated heterocycles. The van der Waals surface area contributed by atoms with Gasteiger partial charge < -0.3 is 19.4 Å². The minimum atomic E-state index is -0.836. The van der Waals surface area contributed by atoms with Gasteiger partial charge in [-0.3, -0.25) is 4.79 Å². The number of hydrogen-bond donors (Lipinski definition) is 1. The highest BCUT2D eigenvalue weighted by Gasteiger charge is 2.69. The van der Waals surface area contributed by atoms with Crippen LogP contribution in [0.3, 0.4) is 0 Å². The summed E-state index contributed by atoms with van der Waals surface area (Å²) < 4.78 is 11.3. The molecule has 0 spiro atoms. The topological polar surface area (TPSA) is 72.8 Å². The summed E-state index contributed by atoms with van der Waals surface area (Å²) in [6.07, 6.45) is 11.2. The molecular formula is C31H48O5. The van der Waals surface area contributed by atoms with Crippen molar-refractivity contribution in [3.63, 3.8) is 0 Å². The van der Waals surface area contributed by atoms with Crippen LogP contribution in [0.4, 0.5) is 0 Å². The van der Waals surface area contributed by atoms with Crippen LogP contribution in [0.2, 0.25) is 0 Å². The van der Waals surface area contributed by atoms with Crippen LogP contribution in [0.5, 0.6) is 0 Å². The van der Waals surface area contributed by atoms with Gasteiger partial charge in [0.1, 0.15) is 6.29 Å². The van der Waals surface area contributed by atoms with Crippen molar-refractivity contribution < 1.29 is 24.2 Å². The van der Waals surface area contributed by atoms with Crippen LogP contribution in [-0.4, -0.2) is 37.4 Å². The molecule has 202 valence electrons. The maximum atomic E-state index is 13.4. The second-order valence-electron chi connectivity index (χ2n) is 15.0. The quantitative estimate of drug-likeness (QED) is 0.282. The zero-order valence-electron chi connectivity index (χ0n) is 23.6. The van der Waals surface area contributed by atoms with E-state index in [9.17, 15) is 14.7 Å². The van der Waals surface area contributed by atoms with Crippen molar-refractivity contribution in [1.29, 1.82) is 0 Å². The second-order valence-corrected chi connectivity index (χ2v) is 15.0. The highest BCUT2D eigenvalue weighted by Crippen LogP contribution is 2.75. The Hall–Kier alpha value is -1.20.